The first-order valence-electron chi connectivity index (χ1n) is 17.4. The fraction of sp³-hybridized carbons (Fsp3) is 0.636. The standard InChI is InChI=1S/C33H48BN7O9/c1-23(33(47)41-8-2-3-29(41)34(48)49)35-32(46)24-4-6-25(7-5-24)36-30(44)21-39-13-11-37-9-10-38-12-15-40(16-14-39)22-31(45)50-28(17-26(42)19-37)18-27(43)20-38/h4-7,23,28-29,48-49H,2-3,8-22H2,1H3,(H,35,46)(H,36,44)/t23-,28?,29+/m1/s1. The van der Waals surface area contributed by atoms with E-state index < -0.39 is 43.0 Å². The number of nitrogens with zero attached hydrogens (tertiary/aromatic N) is 5. The van der Waals surface area contributed by atoms with Crippen LogP contribution in [0.4, 0.5) is 5.69 Å². The molecule has 0 aliphatic carbocycles. The second-order valence-electron chi connectivity index (χ2n) is 13.7. The molecule has 4 N–H and O–H groups in total. The van der Waals surface area contributed by atoms with Crippen LogP contribution in [0, 0.1) is 0 Å². The zero-order valence-corrected chi connectivity index (χ0v) is 28.6. The van der Waals surface area contributed by atoms with Gasteiger partial charge in [-0.25, -0.2) is 0 Å². The maximum Gasteiger partial charge on any atom is 0.475 e. The number of Topliss-reactive ketones (excluding diaryl/α,β-unsaturated/α-hetero) is 2. The Balaban J connectivity index is 1.19. The van der Waals surface area contributed by atoms with Gasteiger partial charge in [0.1, 0.15) is 12.1 Å². The van der Waals surface area contributed by atoms with Gasteiger partial charge in [0.05, 0.1) is 32.1 Å². The van der Waals surface area contributed by atoms with Crippen molar-refractivity contribution in [3.8, 4) is 0 Å². The van der Waals surface area contributed by atoms with Crippen molar-refractivity contribution in [3.05, 3.63) is 29.8 Å². The highest BCUT2D eigenvalue weighted by Gasteiger charge is 2.38. The summed E-state index contributed by atoms with van der Waals surface area (Å²) >= 11 is 0. The average Bonchev–Trinajstić information content (AvgIpc) is 3.54. The molecule has 4 saturated heterocycles. The first-order valence-corrected chi connectivity index (χ1v) is 17.4. The van der Waals surface area contributed by atoms with Gasteiger partial charge in [-0.15, -0.1) is 0 Å². The van der Waals surface area contributed by atoms with E-state index in [9.17, 15) is 38.8 Å². The third-order valence-electron chi connectivity index (χ3n) is 9.73. The van der Waals surface area contributed by atoms with Crippen LogP contribution in [0.15, 0.2) is 24.3 Å². The molecule has 4 heterocycles. The lowest BCUT2D eigenvalue weighted by atomic mass is 9.78. The summed E-state index contributed by atoms with van der Waals surface area (Å²) in [5.41, 5.74) is 0.771. The number of esters is 1. The normalized spacial score (nSPS) is 27.6. The van der Waals surface area contributed by atoms with Crippen molar-refractivity contribution < 1.29 is 43.6 Å². The van der Waals surface area contributed by atoms with Crippen LogP contribution in [0.2, 0.25) is 0 Å². The number of carbonyl (C=O) groups excluding carboxylic acids is 6. The zero-order chi connectivity index (χ0) is 35.8. The van der Waals surface area contributed by atoms with E-state index in [2.05, 4.69) is 15.5 Å². The van der Waals surface area contributed by atoms with Gasteiger partial charge in [0, 0.05) is 83.0 Å². The quantitative estimate of drug-likeness (QED) is 0.178. The predicted molar refractivity (Wildman–Crippen MR) is 182 cm³/mol. The number of amides is 3. The highest BCUT2D eigenvalue weighted by atomic mass is 16.5. The van der Waals surface area contributed by atoms with Crippen molar-refractivity contribution in [1.29, 1.82) is 0 Å². The molecule has 17 heteroatoms. The Morgan fingerprint density at radius 2 is 1.40 bits per heavy atom. The van der Waals surface area contributed by atoms with Gasteiger partial charge in [0.2, 0.25) is 11.8 Å². The fourth-order valence-electron chi connectivity index (χ4n) is 6.98. The third-order valence-corrected chi connectivity index (χ3v) is 9.73. The number of hydrogen-bond donors (Lipinski definition) is 4. The predicted octanol–water partition coefficient (Wildman–Crippen LogP) is -2.17. The Bertz CT molecular complexity index is 1380. The summed E-state index contributed by atoms with van der Waals surface area (Å²) in [6.07, 6.45) is 0.390. The minimum absolute atomic E-state index is 0.00758. The molecule has 0 saturated carbocycles. The lowest BCUT2D eigenvalue weighted by molar-refractivity contribution is -0.152. The lowest BCUT2D eigenvalue weighted by Crippen LogP contribution is -2.52. The monoisotopic (exact) mass is 697 g/mol. The third kappa shape index (κ3) is 10.6. The number of ketones is 2. The molecule has 0 radical (unpaired) electrons. The summed E-state index contributed by atoms with van der Waals surface area (Å²) in [6.45, 7) is 6.77. The fourth-order valence-corrected chi connectivity index (χ4v) is 6.98. The molecule has 0 aromatic heterocycles. The van der Waals surface area contributed by atoms with Crippen LogP contribution in [0.1, 0.15) is 43.0 Å². The van der Waals surface area contributed by atoms with Crippen LogP contribution in [-0.4, -0.2) is 180 Å². The minimum atomic E-state index is -1.64. The molecule has 16 nitrogen and oxygen atoms in total. The van der Waals surface area contributed by atoms with Gasteiger partial charge >= 0.3 is 13.1 Å². The van der Waals surface area contributed by atoms with Gasteiger partial charge < -0.3 is 30.3 Å². The number of rotatable bonds is 7. The van der Waals surface area contributed by atoms with E-state index in [0.29, 0.717) is 77.4 Å². The second-order valence-corrected chi connectivity index (χ2v) is 13.7. The number of likely N-dealkylation sites (tertiary alicyclic amines) is 1. The summed E-state index contributed by atoms with van der Waals surface area (Å²) in [7, 11) is -1.64. The number of benzene rings is 1. The van der Waals surface area contributed by atoms with Gasteiger partial charge in [0.15, 0.2) is 11.6 Å². The van der Waals surface area contributed by atoms with E-state index in [0.717, 1.165) is 0 Å². The van der Waals surface area contributed by atoms with Crippen molar-refractivity contribution in [2.75, 3.05) is 90.4 Å². The van der Waals surface area contributed by atoms with E-state index >= 15 is 0 Å². The Morgan fingerprint density at radius 3 is 1.98 bits per heavy atom. The van der Waals surface area contributed by atoms with Crippen molar-refractivity contribution in [2.45, 2.75) is 50.7 Å². The Kier molecular flexibility index (Phi) is 13.1. The molecule has 1 aromatic carbocycles. The van der Waals surface area contributed by atoms with Crippen LogP contribution in [0.5, 0.6) is 0 Å². The number of fused-ring (bicyclic) bond motifs is 7. The smallest absolute Gasteiger partial charge is 0.460 e. The van der Waals surface area contributed by atoms with E-state index in [-0.39, 0.29) is 62.1 Å². The first kappa shape index (κ1) is 37.5. The van der Waals surface area contributed by atoms with E-state index in [4.69, 9.17) is 4.74 Å². The van der Waals surface area contributed by atoms with Crippen molar-refractivity contribution in [2.24, 2.45) is 0 Å². The maximum atomic E-state index is 13.2. The number of ether oxygens (including phenoxy) is 1. The Morgan fingerprint density at radius 1 is 0.840 bits per heavy atom. The summed E-state index contributed by atoms with van der Waals surface area (Å²) in [5.74, 6) is -2.45. The molecule has 4 bridgehead atoms. The number of anilines is 1. The topological polar surface area (TPSA) is 192 Å². The highest BCUT2D eigenvalue weighted by Crippen LogP contribution is 2.19. The molecule has 50 heavy (non-hydrogen) atoms. The first-order chi connectivity index (χ1) is 23.9. The van der Waals surface area contributed by atoms with Gasteiger partial charge in [-0.3, -0.25) is 48.4 Å². The molecule has 3 amide bonds. The summed E-state index contributed by atoms with van der Waals surface area (Å²) in [4.78, 5) is 87.1. The van der Waals surface area contributed by atoms with Gasteiger partial charge in [-0.1, -0.05) is 0 Å². The second kappa shape index (κ2) is 17.5. The molecule has 0 spiro atoms. The molecular formula is C33H48BN7O9. The number of hydrogen-bond acceptors (Lipinski definition) is 13. The molecule has 272 valence electrons. The largest absolute Gasteiger partial charge is 0.475 e. The Labute approximate surface area is 292 Å². The van der Waals surface area contributed by atoms with E-state index in [1.165, 1.54) is 4.90 Å². The molecule has 5 rings (SSSR count). The summed E-state index contributed by atoms with van der Waals surface area (Å²) in [5, 5.41) is 24.7. The van der Waals surface area contributed by atoms with Crippen LogP contribution in [-0.2, 0) is 28.7 Å². The van der Waals surface area contributed by atoms with E-state index in [1.807, 2.05) is 14.7 Å². The van der Waals surface area contributed by atoms with Gasteiger partial charge in [-0.2, -0.15) is 0 Å². The molecule has 6 atom stereocenters. The number of carbonyl (C=O) groups is 6. The SMILES string of the molecule is C[C@@H](NC(=O)c1ccc(NC(=O)CN2CCN3CCN4CCN(CC2)CC(=O)OC(CC(=O)C3)CC(=O)C4)cc1)C(=O)N1CCC[C@H]1B(O)O. The molecule has 1 aromatic rings. The van der Waals surface area contributed by atoms with Gasteiger partial charge in [0.25, 0.3) is 5.91 Å². The van der Waals surface area contributed by atoms with E-state index in [1.54, 1.807) is 31.2 Å². The van der Waals surface area contributed by atoms with Crippen LogP contribution < -0.4 is 10.6 Å². The van der Waals surface area contributed by atoms with Crippen LogP contribution in [0.3, 0.4) is 0 Å². The lowest BCUT2D eigenvalue weighted by Gasteiger charge is -2.33. The molecule has 4 aliphatic heterocycles. The van der Waals surface area contributed by atoms with Gasteiger partial charge in [-0.05, 0) is 44.0 Å². The maximum absolute atomic E-state index is 13.2. The zero-order valence-electron chi connectivity index (χ0n) is 28.6. The van der Waals surface area contributed by atoms with Crippen molar-refractivity contribution >= 4 is 48.1 Å². The highest BCUT2D eigenvalue weighted by molar-refractivity contribution is 6.43. The van der Waals surface area contributed by atoms with Crippen LogP contribution >= 0.6 is 0 Å². The van der Waals surface area contributed by atoms with Crippen LogP contribution in [0.25, 0.3) is 0 Å². The average molecular weight is 698 g/mol. The van der Waals surface area contributed by atoms with Crippen molar-refractivity contribution in [3.63, 3.8) is 0 Å². The molecule has 4 unspecified atom stereocenters. The molecular weight excluding hydrogens is 649 g/mol. The van der Waals surface area contributed by atoms with Crippen molar-refractivity contribution in [1.82, 2.24) is 29.8 Å². The summed E-state index contributed by atoms with van der Waals surface area (Å²) < 4.78 is 5.64. The molecule has 4 fully saturated rings. The Hall–Kier alpha value is -3.74. The molecule has 4 aliphatic rings. The number of nitrogens with one attached hydrogen (secondary N) is 2. The summed E-state index contributed by atoms with van der Waals surface area (Å²) in [6, 6.07) is 5.42. The minimum Gasteiger partial charge on any atom is -0.460 e.